The molecule has 0 radical (unpaired) electrons. The van der Waals surface area contributed by atoms with Gasteiger partial charge in [0.25, 0.3) is 0 Å². The summed E-state index contributed by atoms with van der Waals surface area (Å²) >= 11 is 3.53. The Morgan fingerprint density at radius 2 is 2.33 bits per heavy atom. The molecule has 0 aliphatic carbocycles. The summed E-state index contributed by atoms with van der Waals surface area (Å²) in [6.45, 7) is 1.94. The second-order valence-corrected chi connectivity index (χ2v) is 5.53. The monoisotopic (exact) mass is 305 g/mol. The summed E-state index contributed by atoms with van der Waals surface area (Å²) in [5.74, 6) is 1.15. The number of rotatable bonds is 3. The van der Waals surface area contributed by atoms with Gasteiger partial charge in [0.2, 0.25) is 0 Å². The average Bonchev–Trinajstić information content (AvgIpc) is 2.93. The van der Waals surface area contributed by atoms with Crippen molar-refractivity contribution in [3.8, 4) is 11.3 Å². The van der Waals surface area contributed by atoms with Crippen LogP contribution in [0.15, 0.2) is 28.7 Å². The van der Waals surface area contributed by atoms with Crippen LogP contribution in [-0.2, 0) is 19.5 Å². The first-order chi connectivity index (χ1) is 8.79. The molecule has 1 aliphatic heterocycles. The second kappa shape index (κ2) is 4.86. The SMILES string of the molecule is CNCc1nc(-c2cccc(Br)c2)c2n1CCC2. The quantitative estimate of drug-likeness (QED) is 0.945. The van der Waals surface area contributed by atoms with Gasteiger partial charge in [-0.05, 0) is 32.0 Å². The van der Waals surface area contributed by atoms with Crippen molar-refractivity contribution in [2.45, 2.75) is 25.9 Å². The van der Waals surface area contributed by atoms with Crippen molar-refractivity contribution < 1.29 is 0 Å². The molecule has 1 aliphatic rings. The molecule has 1 aromatic carbocycles. The number of aromatic nitrogens is 2. The van der Waals surface area contributed by atoms with Crippen LogP contribution in [0.3, 0.4) is 0 Å². The van der Waals surface area contributed by atoms with Crippen LogP contribution in [0.2, 0.25) is 0 Å². The minimum atomic E-state index is 0.834. The molecule has 0 bridgehead atoms. The zero-order valence-corrected chi connectivity index (χ0v) is 12.0. The zero-order valence-electron chi connectivity index (χ0n) is 10.4. The highest BCUT2D eigenvalue weighted by Crippen LogP contribution is 2.30. The fourth-order valence-electron chi connectivity index (χ4n) is 2.62. The van der Waals surface area contributed by atoms with Crippen molar-refractivity contribution in [3.05, 3.63) is 40.3 Å². The van der Waals surface area contributed by atoms with Gasteiger partial charge in [-0.25, -0.2) is 4.98 Å². The van der Waals surface area contributed by atoms with E-state index in [2.05, 4.69) is 44.0 Å². The number of halogens is 1. The van der Waals surface area contributed by atoms with Gasteiger partial charge >= 0.3 is 0 Å². The molecule has 1 aromatic heterocycles. The minimum absolute atomic E-state index is 0.834. The molecule has 2 aromatic rings. The Bertz CT molecular complexity index is 574. The highest BCUT2D eigenvalue weighted by Gasteiger charge is 2.21. The largest absolute Gasteiger partial charge is 0.330 e. The molecule has 1 N–H and O–H groups in total. The molecule has 0 atom stereocenters. The lowest BCUT2D eigenvalue weighted by molar-refractivity contribution is 0.653. The molecule has 0 fully saturated rings. The van der Waals surface area contributed by atoms with E-state index in [0.29, 0.717) is 0 Å². The van der Waals surface area contributed by atoms with Gasteiger partial charge in [0.1, 0.15) is 5.82 Å². The molecule has 94 valence electrons. The van der Waals surface area contributed by atoms with Crippen molar-refractivity contribution in [2.24, 2.45) is 0 Å². The molecule has 3 nitrogen and oxygen atoms in total. The van der Waals surface area contributed by atoms with E-state index in [1.54, 1.807) is 0 Å². The molecule has 0 saturated carbocycles. The van der Waals surface area contributed by atoms with Crippen LogP contribution in [0, 0.1) is 0 Å². The second-order valence-electron chi connectivity index (χ2n) is 4.62. The predicted octanol–water partition coefficient (Wildman–Crippen LogP) is 2.98. The van der Waals surface area contributed by atoms with Gasteiger partial charge in [-0.15, -0.1) is 0 Å². The summed E-state index contributed by atoms with van der Waals surface area (Å²) < 4.78 is 3.47. The molecule has 4 heteroatoms. The van der Waals surface area contributed by atoms with Crippen molar-refractivity contribution in [3.63, 3.8) is 0 Å². The Labute approximate surface area is 115 Å². The van der Waals surface area contributed by atoms with Gasteiger partial charge in [-0.2, -0.15) is 0 Å². The van der Waals surface area contributed by atoms with E-state index in [0.717, 1.165) is 35.5 Å². The van der Waals surface area contributed by atoms with Crippen LogP contribution >= 0.6 is 15.9 Å². The molecule has 18 heavy (non-hydrogen) atoms. The van der Waals surface area contributed by atoms with Crippen molar-refractivity contribution in [2.75, 3.05) is 7.05 Å². The Morgan fingerprint density at radius 1 is 1.44 bits per heavy atom. The Balaban J connectivity index is 2.10. The zero-order chi connectivity index (χ0) is 12.5. The maximum atomic E-state index is 4.81. The van der Waals surface area contributed by atoms with Gasteiger partial charge < -0.3 is 9.88 Å². The molecule has 3 rings (SSSR count). The third kappa shape index (κ3) is 1.99. The third-order valence-corrected chi connectivity index (χ3v) is 3.87. The van der Waals surface area contributed by atoms with Crippen molar-refractivity contribution >= 4 is 15.9 Å². The molecule has 0 amide bonds. The third-order valence-electron chi connectivity index (χ3n) is 3.38. The Morgan fingerprint density at radius 3 is 3.11 bits per heavy atom. The van der Waals surface area contributed by atoms with Crippen molar-refractivity contribution in [1.29, 1.82) is 0 Å². The first-order valence-electron chi connectivity index (χ1n) is 6.28. The number of hydrogen-bond acceptors (Lipinski definition) is 2. The Kier molecular flexibility index (Phi) is 3.22. The van der Waals surface area contributed by atoms with Crippen LogP contribution in [0.5, 0.6) is 0 Å². The lowest BCUT2D eigenvalue weighted by Crippen LogP contribution is -2.11. The summed E-state index contributed by atoms with van der Waals surface area (Å²) in [5.41, 5.74) is 3.75. The summed E-state index contributed by atoms with van der Waals surface area (Å²) in [4.78, 5) is 4.81. The first-order valence-corrected chi connectivity index (χ1v) is 7.07. The lowest BCUT2D eigenvalue weighted by Gasteiger charge is -2.02. The number of hydrogen-bond donors (Lipinski definition) is 1. The summed E-state index contributed by atoms with van der Waals surface area (Å²) in [7, 11) is 1.97. The maximum Gasteiger partial charge on any atom is 0.123 e. The molecule has 0 unspecified atom stereocenters. The normalized spacial score (nSPS) is 13.9. The first kappa shape index (κ1) is 11.9. The van der Waals surface area contributed by atoms with Gasteiger partial charge in [0.15, 0.2) is 0 Å². The van der Waals surface area contributed by atoms with Crippen molar-refractivity contribution in [1.82, 2.24) is 14.9 Å². The van der Waals surface area contributed by atoms with Gasteiger partial charge in [0, 0.05) is 22.3 Å². The van der Waals surface area contributed by atoms with Gasteiger partial charge in [0.05, 0.1) is 12.2 Å². The number of nitrogens with one attached hydrogen (secondary N) is 1. The van der Waals surface area contributed by atoms with Crippen LogP contribution in [0.4, 0.5) is 0 Å². The number of benzene rings is 1. The summed E-state index contributed by atoms with van der Waals surface area (Å²) in [6, 6.07) is 8.40. The van der Waals surface area contributed by atoms with E-state index in [9.17, 15) is 0 Å². The van der Waals surface area contributed by atoms with E-state index >= 15 is 0 Å². The smallest absolute Gasteiger partial charge is 0.123 e. The number of fused-ring (bicyclic) bond motifs is 1. The summed E-state index contributed by atoms with van der Waals surface area (Å²) in [6.07, 6.45) is 2.37. The van der Waals surface area contributed by atoms with Gasteiger partial charge in [-0.3, -0.25) is 0 Å². The van der Waals surface area contributed by atoms with E-state index in [1.165, 1.54) is 17.7 Å². The van der Waals surface area contributed by atoms with Crippen LogP contribution < -0.4 is 5.32 Å². The number of imidazole rings is 1. The van der Waals surface area contributed by atoms with E-state index in [-0.39, 0.29) is 0 Å². The highest BCUT2D eigenvalue weighted by atomic mass is 79.9. The van der Waals surface area contributed by atoms with E-state index < -0.39 is 0 Å². The molecular weight excluding hydrogens is 290 g/mol. The Hall–Kier alpha value is -1.13. The summed E-state index contributed by atoms with van der Waals surface area (Å²) in [5, 5.41) is 3.20. The van der Waals surface area contributed by atoms with Gasteiger partial charge in [-0.1, -0.05) is 28.1 Å². The van der Waals surface area contributed by atoms with E-state index in [4.69, 9.17) is 4.98 Å². The minimum Gasteiger partial charge on any atom is -0.330 e. The fourth-order valence-corrected chi connectivity index (χ4v) is 3.02. The molecule has 2 heterocycles. The van der Waals surface area contributed by atoms with Crippen LogP contribution in [0.1, 0.15) is 17.9 Å². The fraction of sp³-hybridized carbons (Fsp3) is 0.357. The lowest BCUT2D eigenvalue weighted by atomic mass is 10.1. The maximum absolute atomic E-state index is 4.81. The topological polar surface area (TPSA) is 29.9 Å². The van der Waals surface area contributed by atoms with E-state index in [1.807, 2.05) is 13.1 Å². The average molecular weight is 306 g/mol. The van der Waals surface area contributed by atoms with Crippen LogP contribution in [-0.4, -0.2) is 16.6 Å². The highest BCUT2D eigenvalue weighted by molar-refractivity contribution is 9.10. The molecule has 0 saturated heterocycles. The molecule has 0 spiro atoms. The van der Waals surface area contributed by atoms with Crippen LogP contribution in [0.25, 0.3) is 11.3 Å². The standard InChI is InChI=1S/C14H16BrN3/c1-16-9-13-17-14(12-6-3-7-18(12)13)10-4-2-5-11(15)8-10/h2,4-5,8,16H,3,6-7,9H2,1H3. The number of nitrogens with zero attached hydrogens (tertiary/aromatic N) is 2. The predicted molar refractivity (Wildman–Crippen MR) is 76.4 cm³/mol. The molecular formula is C14H16BrN3.